The van der Waals surface area contributed by atoms with Crippen LogP contribution in [0.5, 0.6) is 0 Å². The lowest BCUT2D eigenvalue weighted by molar-refractivity contribution is 0.189. The minimum absolute atomic E-state index is 0.112. The van der Waals surface area contributed by atoms with Gasteiger partial charge in [0.2, 0.25) is 5.28 Å². The zero-order valence-electron chi connectivity index (χ0n) is 12.2. The van der Waals surface area contributed by atoms with Gasteiger partial charge in [-0.2, -0.15) is 4.98 Å². The second-order valence-corrected chi connectivity index (χ2v) is 5.18. The van der Waals surface area contributed by atoms with Gasteiger partial charge in [-0.05, 0) is 24.4 Å². The number of hydrogen-bond acceptors (Lipinski definition) is 4. The van der Waals surface area contributed by atoms with Gasteiger partial charge in [-0.25, -0.2) is 4.79 Å². The van der Waals surface area contributed by atoms with E-state index >= 15 is 0 Å². The summed E-state index contributed by atoms with van der Waals surface area (Å²) in [5.74, 6) is 0. The van der Waals surface area contributed by atoms with E-state index in [9.17, 15) is 9.59 Å². The predicted molar refractivity (Wildman–Crippen MR) is 81.0 cm³/mol. The van der Waals surface area contributed by atoms with Crippen molar-refractivity contribution >= 4 is 22.8 Å². The molecule has 0 radical (unpaired) electrons. The van der Waals surface area contributed by atoms with Crippen molar-refractivity contribution in [1.29, 1.82) is 0 Å². The van der Waals surface area contributed by atoms with Gasteiger partial charge in [-0.3, -0.25) is 13.9 Å². The van der Waals surface area contributed by atoms with Crippen molar-refractivity contribution in [3.05, 3.63) is 26.1 Å². The summed E-state index contributed by atoms with van der Waals surface area (Å²) < 4.78 is 7.69. The first-order valence-electron chi connectivity index (χ1n) is 6.98. The number of aromatic nitrogens is 4. The fourth-order valence-electron chi connectivity index (χ4n) is 2.22. The topological polar surface area (TPSA) is 81.9 Å². The zero-order chi connectivity index (χ0) is 15.4. The van der Waals surface area contributed by atoms with Crippen LogP contribution in [0.2, 0.25) is 5.28 Å². The van der Waals surface area contributed by atoms with E-state index in [1.165, 1.54) is 9.13 Å². The maximum absolute atomic E-state index is 12.5. The van der Waals surface area contributed by atoms with Crippen LogP contribution in [0.15, 0.2) is 9.59 Å². The van der Waals surface area contributed by atoms with Gasteiger partial charge in [0, 0.05) is 26.8 Å². The van der Waals surface area contributed by atoms with Crippen LogP contribution in [-0.4, -0.2) is 32.8 Å². The maximum atomic E-state index is 12.5. The van der Waals surface area contributed by atoms with Gasteiger partial charge in [0.15, 0.2) is 11.2 Å². The van der Waals surface area contributed by atoms with Gasteiger partial charge in [0.1, 0.15) is 0 Å². The highest BCUT2D eigenvalue weighted by atomic mass is 35.5. The Morgan fingerprint density at radius 2 is 1.95 bits per heavy atom. The maximum Gasteiger partial charge on any atom is 0.332 e. The highest BCUT2D eigenvalue weighted by molar-refractivity contribution is 6.28. The summed E-state index contributed by atoms with van der Waals surface area (Å²) in [7, 11) is 1.58. The van der Waals surface area contributed by atoms with Crippen LogP contribution >= 0.6 is 11.6 Å². The zero-order valence-corrected chi connectivity index (χ0v) is 12.9. The molecule has 21 heavy (non-hydrogen) atoms. The Hall–Kier alpha value is -1.60. The highest BCUT2D eigenvalue weighted by Gasteiger charge is 2.16. The van der Waals surface area contributed by atoms with Gasteiger partial charge in [0.05, 0.1) is 0 Å². The average molecular weight is 315 g/mol. The summed E-state index contributed by atoms with van der Waals surface area (Å²) in [6.45, 7) is 3.35. The first-order valence-corrected chi connectivity index (χ1v) is 7.35. The van der Waals surface area contributed by atoms with Crippen molar-refractivity contribution in [1.82, 2.24) is 19.1 Å². The van der Waals surface area contributed by atoms with E-state index in [-0.39, 0.29) is 16.5 Å². The fourth-order valence-corrected chi connectivity index (χ4v) is 2.39. The standard InChI is InChI=1S/C13H19ClN4O3/c1-3-4-6-17-10-9(15-12(14)16-10)11(19)18(13(17)20)7-5-8-21-2/h3-8H2,1-2H3,(H,15,16). The Bertz CT molecular complexity index is 731. The molecule has 0 spiro atoms. The molecule has 0 aliphatic rings. The van der Waals surface area contributed by atoms with E-state index in [1.807, 2.05) is 6.92 Å². The van der Waals surface area contributed by atoms with Crippen LogP contribution in [0.3, 0.4) is 0 Å². The fraction of sp³-hybridized carbons (Fsp3) is 0.615. The van der Waals surface area contributed by atoms with Crippen LogP contribution in [-0.2, 0) is 17.8 Å². The van der Waals surface area contributed by atoms with Crippen molar-refractivity contribution in [3.8, 4) is 0 Å². The number of ether oxygens (including phenoxy) is 1. The smallest absolute Gasteiger partial charge is 0.332 e. The third kappa shape index (κ3) is 3.19. The largest absolute Gasteiger partial charge is 0.385 e. The second-order valence-electron chi connectivity index (χ2n) is 4.82. The molecule has 0 atom stereocenters. The van der Waals surface area contributed by atoms with Crippen molar-refractivity contribution < 1.29 is 4.74 Å². The molecule has 2 aromatic heterocycles. The lowest BCUT2D eigenvalue weighted by Crippen LogP contribution is -2.40. The van der Waals surface area contributed by atoms with Gasteiger partial charge < -0.3 is 9.72 Å². The van der Waals surface area contributed by atoms with E-state index in [4.69, 9.17) is 16.3 Å². The number of nitrogens with zero attached hydrogens (tertiary/aromatic N) is 3. The van der Waals surface area contributed by atoms with Crippen molar-refractivity contribution in [2.75, 3.05) is 13.7 Å². The molecule has 116 valence electrons. The molecule has 2 aromatic rings. The Kier molecular flexibility index (Phi) is 5.19. The van der Waals surface area contributed by atoms with Gasteiger partial charge in [-0.1, -0.05) is 13.3 Å². The molecule has 1 N–H and O–H groups in total. The Labute approximate surface area is 126 Å². The first-order chi connectivity index (χ1) is 10.1. The molecular formula is C13H19ClN4O3. The summed E-state index contributed by atoms with van der Waals surface area (Å²) in [4.78, 5) is 31.7. The van der Waals surface area contributed by atoms with E-state index in [2.05, 4.69) is 9.97 Å². The molecule has 0 saturated carbocycles. The van der Waals surface area contributed by atoms with Crippen molar-refractivity contribution in [2.45, 2.75) is 39.3 Å². The number of aryl methyl sites for hydroxylation is 1. The number of nitrogens with one attached hydrogen (secondary N) is 1. The molecule has 0 saturated heterocycles. The number of methoxy groups -OCH3 is 1. The number of halogens is 1. The third-order valence-corrected chi connectivity index (χ3v) is 3.48. The van der Waals surface area contributed by atoms with Crippen LogP contribution in [0.1, 0.15) is 26.2 Å². The minimum Gasteiger partial charge on any atom is -0.385 e. The number of unbranched alkanes of at least 4 members (excludes halogenated alkanes) is 1. The summed E-state index contributed by atoms with van der Waals surface area (Å²) in [5, 5.41) is 0.112. The van der Waals surface area contributed by atoms with Crippen LogP contribution in [0, 0.1) is 0 Å². The number of rotatable bonds is 7. The number of aromatic amines is 1. The van der Waals surface area contributed by atoms with Crippen LogP contribution in [0.4, 0.5) is 0 Å². The Morgan fingerprint density at radius 3 is 2.62 bits per heavy atom. The first kappa shape index (κ1) is 15.8. The van der Waals surface area contributed by atoms with Gasteiger partial charge in [0.25, 0.3) is 5.56 Å². The Balaban J connectivity index is 2.57. The molecule has 0 unspecified atom stereocenters. The van der Waals surface area contributed by atoms with E-state index in [0.29, 0.717) is 31.8 Å². The normalized spacial score (nSPS) is 11.4. The molecule has 0 aliphatic heterocycles. The molecule has 2 rings (SSSR count). The minimum atomic E-state index is -0.391. The second kappa shape index (κ2) is 6.91. The summed E-state index contributed by atoms with van der Waals surface area (Å²) in [6, 6.07) is 0. The van der Waals surface area contributed by atoms with Gasteiger partial charge >= 0.3 is 5.69 Å². The lowest BCUT2D eigenvalue weighted by atomic mass is 10.3. The molecule has 0 bridgehead atoms. The van der Waals surface area contributed by atoms with E-state index < -0.39 is 5.56 Å². The molecule has 0 aliphatic carbocycles. The molecule has 0 fully saturated rings. The molecule has 7 nitrogen and oxygen atoms in total. The summed E-state index contributed by atoms with van der Waals surface area (Å²) in [6.07, 6.45) is 2.36. The van der Waals surface area contributed by atoms with Gasteiger partial charge in [-0.15, -0.1) is 0 Å². The van der Waals surface area contributed by atoms with Crippen molar-refractivity contribution in [3.63, 3.8) is 0 Å². The Morgan fingerprint density at radius 1 is 1.24 bits per heavy atom. The summed E-state index contributed by atoms with van der Waals surface area (Å²) >= 11 is 5.84. The molecule has 0 amide bonds. The van der Waals surface area contributed by atoms with Crippen molar-refractivity contribution in [2.24, 2.45) is 0 Å². The highest BCUT2D eigenvalue weighted by Crippen LogP contribution is 2.10. The number of imidazole rings is 1. The SMILES string of the molecule is CCCCn1c(=O)n(CCCOC)c(=O)c2[nH]c(Cl)nc21. The predicted octanol–water partition coefficient (Wildman–Crippen LogP) is 1.38. The number of H-pyrrole nitrogens is 1. The third-order valence-electron chi connectivity index (χ3n) is 3.30. The van der Waals surface area contributed by atoms with E-state index in [1.54, 1.807) is 7.11 Å². The molecule has 0 aromatic carbocycles. The van der Waals surface area contributed by atoms with Crippen LogP contribution in [0.25, 0.3) is 11.2 Å². The molecule has 8 heteroatoms. The molecule has 2 heterocycles. The monoisotopic (exact) mass is 314 g/mol. The summed E-state index contributed by atoms with van der Waals surface area (Å²) in [5.41, 5.74) is -0.141. The van der Waals surface area contributed by atoms with E-state index in [0.717, 1.165) is 12.8 Å². The average Bonchev–Trinajstić information content (AvgIpc) is 2.84. The number of hydrogen-bond donors (Lipinski definition) is 1. The molecular weight excluding hydrogens is 296 g/mol. The number of fused-ring (bicyclic) bond motifs is 1. The quantitative estimate of drug-likeness (QED) is 0.618. The lowest BCUT2D eigenvalue weighted by Gasteiger charge is -2.10. The van der Waals surface area contributed by atoms with Crippen LogP contribution < -0.4 is 11.2 Å².